The van der Waals surface area contributed by atoms with E-state index >= 15 is 0 Å². The van der Waals surface area contributed by atoms with Crippen molar-refractivity contribution in [2.45, 2.75) is 26.8 Å². The summed E-state index contributed by atoms with van der Waals surface area (Å²) in [6.07, 6.45) is 0. The summed E-state index contributed by atoms with van der Waals surface area (Å²) >= 11 is 0. The van der Waals surface area contributed by atoms with Gasteiger partial charge in [-0.1, -0.05) is 26.0 Å². The van der Waals surface area contributed by atoms with Gasteiger partial charge < -0.3 is 25.0 Å². The number of methoxy groups -OCH3 is 1. The van der Waals surface area contributed by atoms with Gasteiger partial charge in [-0.15, -0.1) is 0 Å². The second kappa shape index (κ2) is 12.5. The van der Waals surface area contributed by atoms with E-state index in [1.54, 1.807) is 14.2 Å². The molecule has 148 valence electrons. The Bertz CT molecular complexity index is 517. The van der Waals surface area contributed by atoms with Crippen LogP contribution < -0.4 is 15.4 Å². The molecule has 0 bridgehead atoms. The largest absolute Gasteiger partial charge is 0.493 e. The molecule has 1 rings (SSSR count). The highest BCUT2D eigenvalue weighted by atomic mass is 16.5. The van der Waals surface area contributed by atoms with Crippen LogP contribution in [0.25, 0.3) is 0 Å². The van der Waals surface area contributed by atoms with Crippen molar-refractivity contribution >= 4 is 5.96 Å². The van der Waals surface area contributed by atoms with Gasteiger partial charge >= 0.3 is 0 Å². The quantitative estimate of drug-likeness (QED) is 0.467. The van der Waals surface area contributed by atoms with Gasteiger partial charge in [0.05, 0.1) is 19.3 Å². The molecule has 0 fully saturated rings. The zero-order chi connectivity index (χ0) is 19.4. The Labute approximate surface area is 159 Å². The highest BCUT2D eigenvalue weighted by Crippen LogP contribution is 2.18. The highest BCUT2D eigenvalue weighted by molar-refractivity contribution is 5.80. The molecule has 1 aromatic carbocycles. The molecule has 6 heteroatoms. The van der Waals surface area contributed by atoms with Crippen LogP contribution in [0.2, 0.25) is 0 Å². The van der Waals surface area contributed by atoms with Crippen molar-refractivity contribution in [2.75, 3.05) is 54.1 Å². The molecule has 1 aromatic rings. The molecule has 0 radical (unpaired) electrons. The van der Waals surface area contributed by atoms with E-state index in [1.807, 2.05) is 12.1 Å². The monoisotopic (exact) mass is 364 g/mol. The van der Waals surface area contributed by atoms with Crippen LogP contribution in [0.3, 0.4) is 0 Å². The third-order valence-corrected chi connectivity index (χ3v) is 4.00. The van der Waals surface area contributed by atoms with Crippen molar-refractivity contribution in [3.05, 3.63) is 29.8 Å². The molecule has 2 N–H and O–H groups in total. The summed E-state index contributed by atoms with van der Waals surface area (Å²) in [7, 11) is 5.60. The fourth-order valence-electron chi connectivity index (χ4n) is 2.32. The van der Waals surface area contributed by atoms with E-state index in [4.69, 9.17) is 9.47 Å². The van der Waals surface area contributed by atoms with E-state index in [2.05, 4.69) is 60.5 Å². The lowest BCUT2D eigenvalue weighted by Gasteiger charge is -2.20. The molecule has 0 saturated heterocycles. The molecular weight excluding hydrogens is 328 g/mol. The van der Waals surface area contributed by atoms with Gasteiger partial charge in [-0.05, 0) is 37.6 Å². The fourth-order valence-corrected chi connectivity index (χ4v) is 2.32. The van der Waals surface area contributed by atoms with E-state index < -0.39 is 0 Å². The van der Waals surface area contributed by atoms with Crippen LogP contribution in [0.15, 0.2) is 29.3 Å². The van der Waals surface area contributed by atoms with E-state index in [9.17, 15) is 0 Å². The topological polar surface area (TPSA) is 58.1 Å². The fraction of sp³-hybridized carbons (Fsp3) is 0.650. The maximum Gasteiger partial charge on any atom is 0.191 e. The van der Waals surface area contributed by atoms with Crippen LogP contribution in [0.1, 0.15) is 32.4 Å². The molecule has 0 saturated carbocycles. The molecule has 0 aliphatic heterocycles. The number of aliphatic imine (C=N–C) groups is 1. The minimum absolute atomic E-state index is 0.159. The summed E-state index contributed by atoms with van der Waals surface area (Å²) in [4.78, 5) is 6.53. The highest BCUT2D eigenvalue weighted by Gasteiger charge is 2.08. The number of hydrogen-bond donors (Lipinski definition) is 2. The van der Waals surface area contributed by atoms with Crippen molar-refractivity contribution in [3.8, 4) is 5.75 Å². The summed E-state index contributed by atoms with van der Waals surface area (Å²) in [5.41, 5.74) is 1.20. The van der Waals surface area contributed by atoms with Crippen molar-refractivity contribution in [2.24, 2.45) is 10.9 Å². The van der Waals surface area contributed by atoms with Crippen LogP contribution in [0, 0.1) is 5.92 Å². The first-order valence-electron chi connectivity index (χ1n) is 9.33. The molecule has 0 amide bonds. The maximum absolute atomic E-state index is 5.74. The van der Waals surface area contributed by atoms with Gasteiger partial charge in [-0.25, -0.2) is 0 Å². The molecular formula is C20H36N4O2. The molecule has 26 heavy (non-hydrogen) atoms. The van der Waals surface area contributed by atoms with Crippen molar-refractivity contribution in [3.63, 3.8) is 0 Å². The molecule has 6 nitrogen and oxygen atoms in total. The van der Waals surface area contributed by atoms with E-state index in [0.29, 0.717) is 5.92 Å². The van der Waals surface area contributed by atoms with Gasteiger partial charge in [0.2, 0.25) is 0 Å². The molecule has 0 aromatic heterocycles. The zero-order valence-corrected chi connectivity index (χ0v) is 17.2. The second-order valence-electron chi connectivity index (χ2n) is 6.93. The Morgan fingerprint density at radius 2 is 1.85 bits per heavy atom. The normalized spacial score (nSPS) is 13.2. The number of guanidine groups is 1. The summed E-state index contributed by atoms with van der Waals surface area (Å²) < 4.78 is 10.8. The molecule has 0 heterocycles. The Balaban J connectivity index is 2.42. The van der Waals surface area contributed by atoms with Gasteiger partial charge in [-0.2, -0.15) is 0 Å². The SMILES string of the molecule is CN=C(NCCN(C)CCOC)NC(C)c1ccc(OCC(C)C)cc1. The van der Waals surface area contributed by atoms with E-state index in [-0.39, 0.29) is 6.04 Å². The summed E-state index contributed by atoms with van der Waals surface area (Å²) in [6.45, 7) is 10.6. The predicted octanol–water partition coefficient (Wildman–Crippen LogP) is 2.53. The number of hydrogen-bond acceptors (Lipinski definition) is 4. The van der Waals surface area contributed by atoms with Gasteiger partial charge in [0, 0.05) is 33.8 Å². The molecule has 0 spiro atoms. The lowest BCUT2D eigenvalue weighted by Crippen LogP contribution is -2.42. The number of nitrogens with one attached hydrogen (secondary N) is 2. The minimum Gasteiger partial charge on any atom is -0.493 e. The smallest absolute Gasteiger partial charge is 0.191 e. The molecule has 0 aliphatic rings. The van der Waals surface area contributed by atoms with E-state index in [0.717, 1.165) is 44.6 Å². The first kappa shape index (κ1) is 22.3. The Hall–Kier alpha value is -1.79. The Kier molecular flexibility index (Phi) is 10.7. The predicted molar refractivity (Wildman–Crippen MR) is 109 cm³/mol. The van der Waals surface area contributed by atoms with Crippen molar-refractivity contribution in [1.82, 2.24) is 15.5 Å². The minimum atomic E-state index is 0.159. The Morgan fingerprint density at radius 3 is 2.42 bits per heavy atom. The van der Waals surface area contributed by atoms with E-state index in [1.165, 1.54) is 5.56 Å². The van der Waals surface area contributed by atoms with Crippen LogP contribution in [0.5, 0.6) is 5.75 Å². The molecule has 1 atom stereocenters. The number of nitrogens with zero attached hydrogens (tertiary/aromatic N) is 2. The number of likely N-dealkylation sites (N-methyl/N-ethyl adjacent to an activating group) is 1. The van der Waals surface area contributed by atoms with Gasteiger partial charge in [0.1, 0.15) is 5.75 Å². The molecule has 0 aliphatic carbocycles. The summed E-state index contributed by atoms with van der Waals surface area (Å²) in [5, 5.41) is 6.78. The van der Waals surface area contributed by atoms with Crippen molar-refractivity contribution in [1.29, 1.82) is 0 Å². The zero-order valence-electron chi connectivity index (χ0n) is 17.2. The number of ether oxygens (including phenoxy) is 2. The maximum atomic E-state index is 5.74. The lowest BCUT2D eigenvalue weighted by atomic mass is 10.1. The average molecular weight is 365 g/mol. The third-order valence-electron chi connectivity index (χ3n) is 4.00. The first-order chi connectivity index (χ1) is 12.5. The van der Waals surface area contributed by atoms with Gasteiger partial charge in [0.25, 0.3) is 0 Å². The van der Waals surface area contributed by atoms with Gasteiger partial charge in [0.15, 0.2) is 5.96 Å². The van der Waals surface area contributed by atoms with Crippen LogP contribution >= 0.6 is 0 Å². The standard InChI is InChI=1S/C20H36N4O2/c1-16(2)15-26-19-9-7-18(8-10-19)17(3)23-20(21-4)22-11-12-24(5)13-14-25-6/h7-10,16-17H,11-15H2,1-6H3,(H2,21,22,23). The van der Waals surface area contributed by atoms with Crippen molar-refractivity contribution < 1.29 is 9.47 Å². The summed E-state index contributed by atoms with van der Waals surface area (Å²) in [6, 6.07) is 8.40. The third kappa shape index (κ3) is 9.06. The second-order valence-corrected chi connectivity index (χ2v) is 6.93. The average Bonchev–Trinajstić information content (AvgIpc) is 2.64. The number of benzene rings is 1. The first-order valence-corrected chi connectivity index (χ1v) is 9.33. The van der Waals surface area contributed by atoms with Crippen LogP contribution in [0.4, 0.5) is 0 Å². The van der Waals surface area contributed by atoms with Crippen LogP contribution in [-0.2, 0) is 4.74 Å². The number of rotatable bonds is 11. The van der Waals surface area contributed by atoms with Crippen LogP contribution in [-0.4, -0.2) is 64.9 Å². The van der Waals surface area contributed by atoms with Gasteiger partial charge in [-0.3, -0.25) is 4.99 Å². The lowest BCUT2D eigenvalue weighted by molar-refractivity contribution is 0.162. The Morgan fingerprint density at radius 1 is 1.15 bits per heavy atom. The molecule has 1 unspecified atom stereocenters. The summed E-state index contributed by atoms with van der Waals surface area (Å²) in [5.74, 6) is 2.24.